The second kappa shape index (κ2) is 8.84. The Morgan fingerprint density at radius 3 is 1.71 bits per heavy atom. The molecule has 0 heterocycles. The van der Waals surface area contributed by atoms with E-state index in [2.05, 4.69) is 45.0 Å². The minimum absolute atomic E-state index is 0.253. The van der Waals surface area contributed by atoms with Gasteiger partial charge in [-0.3, -0.25) is 9.59 Å². The van der Waals surface area contributed by atoms with Crippen LogP contribution >= 0.6 is 0 Å². The summed E-state index contributed by atoms with van der Waals surface area (Å²) in [5.74, 6) is -2.51. The van der Waals surface area contributed by atoms with E-state index in [4.69, 9.17) is 4.43 Å². The summed E-state index contributed by atoms with van der Waals surface area (Å²) in [6, 6.07) is 20.0. The summed E-state index contributed by atoms with van der Waals surface area (Å²) in [7, 11) is -2.88. The summed E-state index contributed by atoms with van der Waals surface area (Å²) in [5, 5.41) is 11.3. The van der Waals surface area contributed by atoms with Crippen molar-refractivity contribution in [1.82, 2.24) is 0 Å². The van der Waals surface area contributed by atoms with Crippen LogP contribution in [-0.2, 0) is 14.0 Å². The Labute approximate surface area is 168 Å². The maximum atomic E-state index is 12.9. The number of carboxylic acid groups (broad SMARTS) is 1. The van der Waals surface area contributed by atoms with Gasteiger partial charge in [-0.15, -0.1) is 0 Å². The van der Waals surface area contributed by atoms with Crippen LogP contribution in [0.2, 0.25) is 5.04 Å². The highest BCUT2D eigenvalue weighted by molar-refractivity contribution is 6.99. The van der Waals surface area contributed by atoms with Crippen LogP contribution in [0, 0.1) is 5.92 Å². The fourth-order valence-electron chi connectivity index (χ4n) is 3.80. The Morgan fingerprint density at radius 2 is 1.39 bits per heavy atom. The minimum Gasteiger partial charge on any atom is -0.481 e. The van der Waals surface area contributed by atoms with Gasteiger partial charge in [-0.05, 0) is 28.8 Å². The summed E-state index contributed by atoms with van der Waals surface area (Å²) in [6.07, 6.45) is -0.560. The van der Waals surface area contributed by atoms with Gasteiger partial charge in [-0.2, -0.15) is 0 Å². The first kappa shape index (κ1) is 22.1. The number of rotatable bonds is 8. The number of benzene rings is 2. The molecule has 0 amide bonds. The van der Waals surface area contributed by atoms with Crippen molar-refractivity contribution in [3.8, 4) is 0 Å². The Morgan fingerprint density at radius 1 is 0.964 bits per heavy atom. The summed E-state index contributed by atoms with van der Waals surface area (Å²) in [6.45, 7) is 9.79. The lowest BCUT2D eigenvalue weighted by Gasteiger charge is -2.44. The number of aliphatic carboxylic acids is 1. The Hall–Kier alpha value is -2.24. The third kappa shape index (κ3) is 4.26. The summed E-state index contributed by atoms with van der Waals surface area (Å²) < 4.78 is 6.70. The first-order chi connectivity index (χ1) is 13.1. The zero-order valence-electron chi connectivity index (χ0n) is 17.3. The molecule has 0 bridgehead atoms. The SMILES string of the molecule is CCC(C(=O)O)C(=O)[C@@H](C)O[Si](c1ccccc1)(c1ccccc1)C(C)(C)C. The highest BCUT2D eigenvalue weighted by atomic mass is 28.4. The fourth-order valence-corrected chi connectivity index (χ4v) is 8.46. The Balaban J connectivity index is 2.62. The number of hydrogen-bond acceptors (Lipinski definition) is 3. The lowest BCUT2D eigenvalue weighted by atomic mass is 9.98. The summed E-state index contributed by atoms with van der Waals surface area (Å²) in [4.78, 5) is 24.4. The number of Topliss-reactive ketones (excluding diaryl/α,β-unsaturated/α-hetero) is 1. The molecule has 1 N–H and O–H groups in total. The van der Waals surface area contributed by atoms with Crippen LogP contribution in [0.15, 0.2) is 60.7 Å². The molecular weight excluding hydrogens is 368 g/mol. The molecule has 0 spiro atoms. The highest BCUT2D eigenvalue weighted by Gasteiger charge is 2.52. The second-order valence-electron chi connectivity index (χ2n) is 8.12. The van der Waals surface area contributed by atoms with Gasteiger partial charge in [-0.25, -0.2) is 0 Å². The van der Waals surface area contributed by atoms with Gasteiger partial charge in [0.2, 0.25) is 0 Å². The second-order valence-corrected chi connectivity index (χ2v) is 12.4. The number of hydrogen-bond donors (Lipinski definition) is 1. The van der Waals surface area contributed by atoms with Crippen molar-refractivity contribution in [3.05, 3.63) is 60.7 Å². The van der Waals surface area contributed by atoms with E-state index in [-0.39, 0.29) is 17.2 Å². The van der Waals surface area contributed by atoms with Crippen molar-refractivity contribution in [2.45, 2.75) is 52.2 Å². The quantitative estimate of drug-likeness (QED) is 0.545. The van der Waals surface area contributed by atoms with E-state index >= 15 is 0 Å². The topological polar surface area (TPSA) is 63.6 Å². The van der Waals surface area contributed by atoms with Gasteiger partial charge < -0.3 is 9.53 Å². The van der Waals surface area contributed by atoms with Crippen LogP contribution in [0.25, 0.3) is 0 Å². The van der Waals surface area contributed by atoms with Crippen LogP contribution in [0.4, 0.5) is 0 Å². The molecule has 2 atom stereocenters. The van der Waals surface area contributed by atoms with Crippen molar-refractivity contribution in [1.29, 1.82) is 0 Å². The lowest BCUT2D eigenvalue weighted by molar-refractivity contribution is -0.148. The van der Waals surface area contributed by atoms with Gasteiger partial charge in [0, 0.05) is 0 Å². The lowest BCUT2D eigenvalue weighted by Crippen LogP contribution is -2.68. The molecule has 0 aliphatic heterocycles. The van der Waals surface area contributed by atoms with E-state index in [9.17, 15) is 14.7 Å². The predicted octanol–water partition coefficient (Wildman–Crippen LogP) is 3.63. The first-order valence-electron chi connectivity index (χ1n) is 9.70. The van der Waals surface area contributed by atoms with Crippen molar-refractivity contribution < 1.29 is 19.1 Å². The molecule has 0 aliphatic carbocycles. The van der Waals surface area contributed by atoms with Crippen molar-refractivity contribution in [3.63, 3.8) is 0 Å². The molecule has 2 aromatic rings. The number of carbonyl (C=O) groups excluding carboxylic acids is 1. The summed E-state index contributed by atoms with van der Waals surface area (Å²) in [5.41, 5.74) is 0. The van der Waals surface area contributed by atoms with Crippen LogP contribution in [0.5, 0.6) is 0 Å². The van der Waals surface area contributed by atoms with Crippen molar-refractivity contribution in [2.75, 3.05) is 0 Å². The molecule has 0 radical (unpaired) electrons. The van der Waals surface area contributed by atoms with Gasteiger partial charge in [0.25, 0.3) is 8.32 Å². The van der Waals surface area contributed by atoms with E-state index in [0.29, 0.717) is 0 Å². The normalized spacial score (nSPS) is 14.3. The van der Waals surface area contributed by atoms with Crippen LogP contribution in [0.1, 0.15) is 41.0 Å². The van der Waals surface area contributed by atoms with Crippen LogP contribution in [0.3, 0.4) is 0 Å². The van der Waals surface area contributed by atoms with E-state index in [1.165, 1.54) is 0 Å². The molecule has 150 valence electrons. The fraction of sp³-hybridized carbons (Fsp3) is 0.391. The van der Waals surface area contributed by atoms with Gasteiger partial charge in [0.1, 0.15) is 12.0 Å². The summed E-state index contributed by atoms with van der Waals surface area (Å²) >= 11 is 0. The van der Waals surface area contributed by atoms with E-state index < -0.39 is 26.3 Å². The van der Waals surface area contributed by atoms with Gasteiger partial charge in [0.15, 0.2) is 5.78 Å². The molecule has 2 aromatic carbocycles. The Bertz CT molecular complexity index is 757. The average Bonchev–Trinajstić information content (AvgIpc) is 2.66. The molecule has 28 heavy (non-hydrogen) atoms. The number of carbonyl (C=O) groups is 2. The molecule has 0 saturated heterocycles. The van der Waals surface area contributed by atoms with E-state index in [0.717, 1.165) is 10.4 Å². The Kier molecular flexibility index (Phi) is 6.96. The van der Waals surface area contributed by atoms with Gasteiger partial charge in [0.05, 0.1) is 0 Å². The molecule has 2 rings (SSSR count). The van der Waals surface area contributed by atoms with Gasteiger partial charge >= 0.3 is 5.97 Å². The standard InChI is InChI=1S/C23H30O4Si/c1-6-20(22(25)26)21(24)17(2)27-28(23(3,4)5,18-13-9-7-10-14-18)19-15-11-8-12-16-19/h7-17,20H,6H2,1-5H3,(H,25,26)/t17-,20?/m1/s1. The number of ketones is 1. The minimum atomic E-state index is -2.88. The maximum Gasteiger partial charge on any atom is 0.314 e. The van der Waals surface area contributed by atoms with Crippen molar-refractivity contribution in [2.24, 2.45) is 5.92 Å². The highest BCUT2D eigenvalue weighted by Crippen LogP contribution is 2.37. The first-order valence-corrected chi connectivity index (χ1v) is 11.6. The molecule has 0 aliphatic rings. The smallest absolute Gasteiger partial charge is 0.314 e. The molecule has 0 fully saturated rings. The molecule has 1 unspecified atom stereocenters. The van der Waals surface area contributed by atoms with E-state index in [1.54, 1.807) is 13.8 Å². The molecule has 0 aromatic heterocycles. The molecule has 0 saturated carbocycles. The molecule has 5 heteroatoms. The average molecular weight is 399 g/mol. The third-order valence-corrected chi connectivity index (χ3v) is 10.3. The zero-order chi connectivity index (χ0) is 20.9. The van der Waals surface area contributed by atoms with Crippen molar-refractivity contribution >= 4 is 30.4 Å². The predicted molar refractivity (Wildman–Crippen MR) is 115 cm³/mol. The maximum absolute atomic E-state index is 12.9. The largest absolute Gasteiger partial charge is 0.481 e. The zero-order valence-corrected chi connectivity index (χ0v) is 18.3. The molecule has 4 nitrogen and oxygen atoms in total. The number of carboxylic acids is 1. The monoisotopic (exact) mass is 398 g/mol. The third-order valence-electron chi connectivity index (χ3n) is 5.22. The molecular formula is C23H30O4Si. The van der Waals surface area contributed by atoms with Gasteiger partial charge in [-0.1, -0.05) is 88.4 Å². The van der Waals surface area contributed by atoms with Crippen LogP contribution in [-0.4, -0.2) is 31.3 Å². The van der Waals surface area contributed by atoms with Crippen LogP contribution < -0.4 is 10.4 Å². The van der Waals surface area contributed by atoms with E-state index in [1.807, 2.05) is 36.4 Å².